The van der Waals surface area contributed by atoms with Crippen LogP contribution in [-0.2, 0) is 11.3 Å². The Labute approximate surface area is 128 Å². The van der Waals surface area contributed by atoms with Gasteiger partial charge in [0, 0.05) is 48.2 Å². The van der Waals surface area contributed by atoms with Crippen LogP contribution in [0.4, 0.5) is 0 Å². The molecule has 1 fully saturated rings. The smallest absolute Gasteiger partial charge is 0.230 e. The third kappa shape index (κ3) is 4.07. The van der Waals surface area contributed by atoms with Crippen LogP contribution in [0.1, 0.15) is 12.8 Å². The van der Waals surface area contributed by atoms with Crippen LogP contribution >= 0.6 is 11.8 Å². The zero-order valence-electron chi connectivity index (χ0n) is 11.7. The van der Waals surface area contributed by atoms with E-state index in [4.69, 9.17) is 0 Å². The normalized spacial score (nSPS) is 15.6. The molecule has 0 saturated heterocycles. The zero-order valence-corrected chi connectivity index (χ0v) is 12.6. The van der Waals surface area contributed by atoms with Gasteiger partial charge < -0.3 is 9.88 Å². The number of thioether (sulfide) groups is 1. The van der Waals surface area contributed by atoms with Crippen molar-refractivity contribution >= 4 is 17.7 Å². The maximum atomic E-state index is 11.9. The van der Waals surface area contributed by atoms with Crippen LogP contribution < -0.4 is 5.32 Å². The first-order valence-corrected chi connectivity index (χ1v) is 8.00. The molecule has 0 aromatic carbocycles. The lowest BCUT2D eigenvalue weighted by Crippen LogP contribution is -2.33. The lowest BCUT2D eigenvalue weighted by atomic mass is 10.1. The Kier molecular flexibility index (Phi) is 4.24. The number of amides is 1. The summed E-state index contributed by atoms with van der Waals surface area (Å²) in [6.45, 7) is 1.69. The van der Waals surface area contributed by atoms with Crippen LogP contribution in [0.2, 0.25) is 0 Å². The fourth-order valence-corrected chi connectivity index (χ4v) is 2.97. The third-order valence-corrected chi connectivity index (χ3v) is 4.73. The second-order valence-corrected chi connectivity index (χ2v) is 6.53. The van der Waals surface area contributed by atoms with Gasteiger partial charge in [0.1, 0.15) is 0 Å². The molecule has 1 N–H and O–H groups in total. The lowest BCUT2D eigenvalue weighted by molar-refractivity contribution is -0.118. The number of rotatable bonds is 7. The molecule has 2 aromatic heterocycles. The number of nitrogens with zero attached hydrogens (tertiary/aromatic N) is 3. The van der Waals surface area contributed by atoms with E-state index in [9.17, 15) is 4.79 Å². The highest BCUT2D eigenvalue weighted by Gasteiger charge is 2.42. The Bertz CT molecular complexity index is 581. The summed E-state index contributed by atoms with van der Waals surface area (Å²) in [7, 11) is 0. The highest BCUT2D eigenvalue weighted by Crippen LogP contribution is 2.46. The Morgan fingerprint density at radius 1 is 1.29 bits per heavy atom. The van der Waals surface area contributed by atoms with E-state index in [1.807, 2.05) is 24.7 Å². The van der Waals surface area contributed by atoms with Gasteiger partial charge in [-0.2, -0.15) is 0 Å². The number of imidazole rings is 1. The van der Waals surface area contributed by atoms with Gasteiger partial charge in [-0.1, -0.05) is 0 Å². The van der Waals surface area contributed by atoms with E-state index in [0.717, 1.165) is 18.0 Å². The molecule has 1 aliphatic rings. The van der Waals surface area contributed by atoms with Gasteiger partial charge in [-0.25, -0.2) is 4.98 Å². The Morgan fingerprint density at radius 2 is 2.10 bits per heavy atom. The molecule has 2 heterocycles. The molecule has 0 atom stereocenters. The molecule has 0 radical (unpaired) electrons. The Hall–Kier alpha value is -1.82. The molecule has 0 spiro atoms. The van der Waals surface area contributed by atoms with Crippen molar-refractivity contribution < 1.29 is 4.79 Å². The highest BCUT2D eigenvalue weighted by atomic mass is 32.2. The fraction of sp³-hybridized carbons (Fsp3) is 0.400. The van der Waals surface area contributed by atoms with Crippen molar-refractivity contribution in [2.75, 3.05) is 12.3 Å². The Morgan fingerprint density at radius 3 is 2.76 bits per heavy atom. The number of carbonyl (C=O) groups excluding carboxylic acids is 1. The minimum absolute atomic E-state index is 0.0914. The van der Waals surface area contributed by atoms with Crippen LogP contribution in [0.5, 0.6) is 0 Å². The quantitative estimate of drug-likeness (QED) is 0.794. The Balaban J connectivity index is 1.41. The largest absolute Gasteiger partial charge is 0.355 e. The number of carbonyl (C=O) groups is 1. The van der Waals surface area contributed by atoms with Crippen LogP contribution in [0.15, 0.2) is 48.1 Å². The monoisotopic (exact) mass is 302 g/mol. The van der Waals surface area contributed by atoms with Crippen molar-refractivity contribution in [3.05, 3.63) is 43.2 Å². The summed E-state index contributed by atoms with van der Waals surface area (Å²) in [5.74, 6) is 0.541. The van der Waals surface area contributed by atoms with E-state index in [0.29, 0.717) is 5.75 Å². The van der Waals surface area contributed by atoms with Crippen molar-refractivity contribution in [2.24, 2.45) is 5.41 Å². The summed E-state index contributed by atoms with van der Waals surface area (Å²) < 4.78 is 2.09. The summed E-state index contributed by atoms with van der Waals surface area (Å²) in [4.78, 5) is 21.0. The van der Waals surface area contributed by atoms with E-state index in [-0.39, 0.29) is 11.3 Å². The third-order valence-electron chi connectivity index (χ3n) is 3.71. The minimum Gasteiger partial charge on any atom is -0.355 e. The fourth-order valence-electron chi connectivity index (χ4n) is 2.26. The first kappa shape index (κ1) is 14.1. The molecule has 21 heavy (non-hydrogen) atoms. The van der Waals surface area contributed by atoms with Crippen LogP contribution in [0.3, 0.4) is 0 Å². The van der Waals surface area contributed by atoms with Gasteiger partial charge in [-0.05, 0) is 25.0 Å². The SMILES string of the molecule is O=C(CSc1ccncc1)NCC1(Cn2ccnc2)CC1. The van der Waals surface area contributed by atoms with Crippen molar-refractivity contribution in [3.63, 3.8) is 0 Å². The molecule has 0 aliphatic heterocycles. The number of nitrogens with one attached hydrogen (secondary N) is 1. The predicted octanol–water partition coefficient (Wildman–Crippen LogP) is 1.97. The van der Waals surface area contributed by atoms with Crippen LogP contribution in [0, 0.1) is 5.41 Å². The maximum Gasteiger partial charge on any atom is 0.230 e. The molecule has 1 saturated carbocycles. The molecule has 6 heteroatoms. The summed E-state index contributed by atoms with van der Waals surface area (Å²) in [6.07, 6.45) is 11.4. The van der Waals surface area contributed by atoms with E-state index in [1.165, 1.54) is 24.6 Å². The maximum absolute atomic E-state index is 11.9. The second-order valence-electron chi connectivity index (χ2n) is 5.48. The molecule has 3 rings (SSSR count). The molecule has 110 valence electrons. The van der Waals surface area contributed by atoms with E-state index in [1.54, 1.807) is 18.6 Å². The number of aromatic nitrogens is 3. The number of hydrogen-bond donors (Lipinski definition) is 1. The van der Waals surface area contributed by atoms with Gasteiger partial charge in [0.2, 0.25) is 5.91 Å². The van der Waals surface area contributed by atoms with Crippen LogP contribution in [0.25, 0.3) is 0 Å². The molecule has 2 aromatic rings. The second kappa shape index (κ2) is 6.30. The molecule has 1 amide bonds. The predicted molar refractivity (Wildman–Crippen MR) is 81.9 cm³/mol. The molecular weight excluding hydrogens is 284 g/mol. The van der Waals surface area contributed by atoms with Crippen LogP contribution in [-0.4, -0.2) is 32.7 Å². The van der Waals surface area contributed by atoms with Gasteiger partial charge in [0.25, 0.3) is 0 Å². The average molecular weight is 302 g/mol. The average Bonchev–Trinajstić information content (AvgIpc) is 3.08. The van der Waals surface area contributed by atoms with Crippen molar-refractivity contribution in [1.82, 2.24) is 19.9 Å². The van der Waals surface area contributed by atoms with E-state index in [2.05, 4.69) is 19.9 Å². The van der Waals surface area contributed by atoms with Gasteiger partial charge in [-0.3, -0.25) is 9.78 Å². The minimum atomic E-state index is 0.0914. The molecule has 5 nitrogen and oxygen atoms in total. The van der Waals surface area contributed by atoms with Crippen molar-refractivity contribution in [1.29, 1.82) is 0 Å². The van der Waals surface area contributed by atoms with Gasteiger partial charge in [0.15, 0.2) is 0 Å². The highest BCUT2D eigenvalue weighted by molar-refractivity contribution is 8.00. The number of hydrogen-bond acceptors (Lipinski definition) is 4. The van der Waals surface area contributed by atoms with E-state index >= 15 is 0 Å². The van der Waals surface area contributed by atoms with Gasteiger partial charge >= 0.3 is 0 Å². The summed E-state index contributed by atoms with van der Waals surface area (Å²) in [5.41, 5.74) is 0.234. The first-order chi connectivity index (χ1) is 10.3. The van der Waals surface area contributed by atoms with Gasteiger partial charge in [-0.15, -0.1) is 11.8 Å². The molecule has 0 unspecified atom stereocenters. The topological polar surface area (TPSA) is 59.8 Å². The standard InChI is InChI=1S/C15H18N4OS/c20-14(9-21-13-1-5-16-6-2-13)18-10-15(3-4-15)11-19-8-7-17-12-19/h1-2,5-8,12H,3-4,9-11H2,(H,18,20). The number of pyridine rings is 1. The zero-order chi connectivity index (χ0) is 14.5. The van der Waals surface area contributed by atoms with Gasteiger partial charge in [0.05, 0.1) is 12.1 Å². The molecule has 0 bridgehead atoms. The molecular formula is C15H18N4OS. The summed E-state index contributed by atoms with van der Waals surface area (Å²) in [6, 6.07) is 3.83. The van der Waals surface area contributed by atoms with Crippen molar-refractivity contribution in [3.8, 4) is 0 Å². The lowest BCUT2D eigenvalue weighted by Gasteiger charge is -2.16. The first-order valence-electron chi connectivity index (χ1n) is 7.01. The van der Waals surface area contributed by atoms with Crippen molar-refractivity contribution in [2.45, 2.75) is 24.3 Å². The summed E-state index contributed by atoms with van der Waals surface area (Å²) in [5, 5.41) is 3.06. The molecule has 1 aliphatic carbocycles. The van der Waals surface area contributed by atoms with E-state index < -0.39 is 0 Å². The summed E-state index contributed by atoms with van der Waals surface area (Å²) >= 11 is 1.54.